The van der Waals surface area contributed by atoms with Crippen molar-refractivity contribution < 1.29 is 0 Å². The van der Waals surface area contributed by atoms with Gasteiger partial charge < -0.3 is 5.73 Å². The van der Waals surface area contributed by atoms with Gasteiger partial charge in [0, 0.05) is 12.0 Å². The Hall–Kier alpha value is -0.970. The van der Waals surface area contributed by atoms with Crippen molar-refractivity contribution in [2.45, 2.75) is 82.6 Å². The summed E-state index contributed by atoms with van der Waals surface area (Å²) < 4.78 is 0. The summed E-state index contributed by atoms with van der Waals surface area (Å²) in [5.41, 5.74) is 6.17. The van der Waals surface area contributed by atoms with Gasteiger partial charge in [0.25, 0.3) is 0 Å². The lowest BCUT2D eigenvalue weighted by atomic mass is 9.93. The van der Waals surface area contributed by atoms with Crippen LogP contribution >= 0.6 is 0 Å². The van der Waals surface area contributed by atoms with Gasteiger partial charge in [0.2, 0.25) is 0 Å². The lowest BCUT2D eigenvalue weighted by molar-refractivity contribution is 0.463. The monoisotopic (exact) mass is 265 g/mol. The van der Waals surface area contributed by atoms with E-state index in [-0.39, 0.29) is 0 Å². The van der Waals surface area contributed by atoms with E-state index in [1.165, 1.54) is 57.8 Å². The highest BCUT2D eigenvalue weighted by molar-refractivity contribution is 4.90. The summed E-state index contributed by atoms with van der Waals surface area (Å²) in [6.07, 6.45) is 13.8. The van der Waals surface area contributed by atoms with E-state index in [4.69, 9.17) is 5.73 Å². The van der Waals surface area contributed by atoms with Gasteiger partial charge in [-0.05, 0) is 25.7 Å². The van der Waals surface area contributed by atoms with Gasteiger partial charge >= 0.3 is 0 Å². The third-order valence-corrected chi connectivity index (χ3v) is 4.23. The Kier molecular flexibility index (Phi) is 6.27. The minimum absolute atomic E-state index is 0.381. The maximum absolute atomic E-state index is 6.17. The van der Waals surface area contributed by atoms with Crippen LogP contribution in [-0.4, -0.2) is 26.7 Å². The third-order valence-electron chi connectivity index (χ3n) is 4.23. The Labute approximate surface area is 115 Å². The second-order valence-electron chi connectivity index (χ2n) is 5.86. The fraction of sp³-hybridized carbons (Fsp3) is 0.929. The van der Waals surface area contributed by atoms with E-state index in [9.17, 15) is 0 Å². The largest absolute Gasteiger partial charge is 0.328 e. The van der Waals surface area contributed by atoms with Gasteiger partial charge in [-0.25, -0.2) is 0 Å². The molecule has 5 heteroatoms. The zero-order chi connectivity index (χ0) is 13.3. The van der Waals surface area contributed by atoms with Gasteiger partial charge in [0.1, 0.15) is 0 Å². The molecule has 1 fully saturated rings. The fourth-order valence-corrected chi connectivity index (χ4v) is 3.02. The molecule has 5 nitrogen and oxygen atoms in total. The molecule has 1 aliphatic carbocycles. The van der Waals surface area contributed by atoms with Crippen LogP contribution in [0.5, 0.6) is 0 Å². The fourth-order valence-electron chi connectivity index (χ4n) is 3.02. The first-order valence-corrected chi connectivity index (χ1v) is 7.85. The molecule has 1 heterocycles. The lowest BCUT2D eigenvalue weighted by Gasteiger charge is -2.14. The van der Waals surface area contributed by atoms with Crippen LogP contribution in [0.2, 0.25) is 0 Å². The summed E-state index contributed by atoms with van der Waals surface area (Å²) in [5.74, 6) is 1.36. The topological polar surface area (TPSA) is 80.5 Å². The van der Waals surface area contributed by atoms with Crippen LogP contribution in [-0.2, 0) is 0 Å². The van der Waals surface area contributed by atoms with Crippen LogP contribution in [0.25, 0.3) is 0 Å². The van der Waals surface area contributed by atoms with E-state index < -0.39 is 0 Å². The van der Waals surface area contributed by atoms with Crippen LogP contribution in [0.4, 0.5) is 0 Å². The van der Waals surface area contributed by atoms with Crippen LogP contribution in [0, 0.1) is 0 Å². The Morgan fingerprint density at radius 2 is 1.47 bits per heavy atom. The highest BCUT2D eigenvalue weighted by Crippen LogP contribution is 2.26. The summed E-state index contributed by atoms with van der Waals surface area (Å²) in [6, 6.07) is 0.381. The minimum Gasteiger partial charge on any atom is -0.328 e. The van der Waals surface area contributed by atoms with Crippen molar-refractivity contribution in [3.8, 4) is 0 Å². The van der Waals surface area contributed by atoms with Crippen molar-refractivity contribution in [1.29, 1.82) is 0 Å². The van der Waals surface area contributed by atoms with Crippen molar-refractivity contribution >= 4 is 0 Å². The predicted molar refractivity (Wildman–Crippen MR) is 75.7 cm³/mol. The normalized spacial score (nSPS) is 28.1. The number of hydrogen-bond acceptors (Lipinski definition) is 4. The Balaban J connectivity index is 1.87. The van der Waals surface area contributed by atoms with E-state index in [0.717, 1.165) is 18.7 Å². The predicted octanol–water partition coefficient (Wildman–Crippen LogP) is 2.92. The number of nitrogens with zero attached hydrogens (tertiary/aromatic N) is 3. The van der Waals surface area contributed by atoms with E-state index in [0.29, 0.717) is 12.0 Å². The molecule has 2 atom stereocenters. The number of H-pyrrole nitrogens is 1. The summed E-state index contributed by atoms with van der Waals surface area (Å²) in [5, 5.41) is 14.6. The van der Waals surface area contributed by atoms with Gasteiger partial charge in [0.15, 0.2) is 5.82 Å². The Morgan fingerprint density at radius 1 is 0.842 bits per heavy atom. The second kappa shape index (κ2) is 8.25. The number of aromatic amines is 1. The molecule has 1 aliphatic rings. The Morgan fingerprint density at radius 3 is 2.21 bits per heavy atom. The van der Waals surface area contributed by atoms with Gasteiger partial charge in [-0.3, -0.25) is 0 Å². The van der Waals surface area contributed by atoms with Gasteiger partial charge in [-0.1, -0.05) is 50.2 Å². The van der Waals surface area contributed by atoms with E-state index in [1.807, 2.05) is 0 Å². The molecule has 19 heavy (non-hydrogen) atoms. The molecule has 0 aromatic carbocycles. The number of nitrogens with one attached hydrogen (secondary N) is 1. The molecule has 0 saturated heterocycles. The number of aromatic nitrogens is 4. The van der Waals surface area contributed by atoms with Crippen molar-refractivity contribution in [3.05, 3.63) is 5.82 Å². The minimum atomic E-state index is 0.381. The van der Waals surface area contributed by atoms with Crippen molar-refractivity contribution in [2.24, 2.45) is 5.73 Å². The zero-order valence-corrected chi connectivity index (χ0v) is 11.9. The van der Waals surface area contributed by atoms with Crippen molar-refractivity contribution in [1.82, 2.24) is 20.6 Å². The molecular formula is C14H27N5. The molecule has 2 rings (SSSR count). The molecule has 0 radical (unpaired) electrons. The summed E-state index contributed by atoms with van der Waals surface area (Å²) >= 11 is 0. The van der Waals surface area contributed by atoms with E-state index >= 15 is 0 Å². The van der Waals surface area contributed by atoms with E-state index in [2.05, 4.69) is 20.6 Å². The Bertz CT molecular complexity index is 325. The van der Waals surface area contributed by atoms with Crippen LogP contribution in [0.3, 0.4) is 0 Å². The molecule has 1 saturated carbocycles. The SMILES string of the molecule is NC1CCCCCCCCC(c2nn[nH]n2)CCC1. The van der Waals surface area contributed by atoms with E-state index in [1.54, 1.807) is 0 Å². The first kappa shape index (κ1) is 14.4. The number of tetrazole rings is 1. The summed E-state index contributed by atoms with van der Waals surface area (Å²) in [6.45, 7) is 0. The lowest BCUT2D eigenvalue weighted by Crippen LogP contribution is -2.19. The first-order chi connectivity index (χ1) is 9.36. The molecule has 0 aliphatic heterocycles. The average Bonchev–Trinajstić information content (AvgIpc) is 2.93. The quantitative estimate of drug-likeness (QED) is 0.818. The van der Waals surface area contributed by atoms with Crippen LogP contribution in [0.1, 0.15) is 82.4 Å². The molecule has 1 aromatic rings. The van der Waals surface area contributed by atoms with Crippen molar-refractivity contribution in [2.75, 3.05) is 0 Å². The first-order valence-electron chi connectivity index (χ1n) is 7.85. The number of nitrogens with two attached hydrogens (primary N) is 1. The highest BCUT2D eigenvalue weighted by atomic mass is 15.5. The van der Waals surface area contributed by atoms with Gasteiger partial charge in [-0.2, -0.15) is 5.21 Å². The molecule has 108 valence electrons. The maximum atomic E-state index is 6.17. The van der Waals surface area contributed by atoms with Gasteiger partial charge in [0.05, 0.1) is 0 Å². The third kappa shape index (κ3) is 5.27. The average molecular weight is 265 g/mol. The zero-order valence-electron chi connectivity index (χ0n) is 11.9. The molecular weight excluding hydrogens is 238 g/mol. The molecule has 2 unspecified atom stereocenters. The second-order valence-corrected chi connectivity index (χ2v) is 5.86. The maximum Gasteiger partial charge on any atom is 0.177 e. The van der Waals surface area contributed by atoms with Gasteiger partial charge in [-0.15, -0.1) is 10.2 Å². The van der Waals surface area contributed by atoms with Crippen molar-refractivity contribution in [3.63, 3.8) is 0 Å². The summed E-state index contributed by atoms with van der Waals surface area (Å²) in [4.78, 5) is 0. The molecule has 0 bridgehead atoms. The number of rotatable bonds is 1. The smallest absolute Gasteiger partial charge is 0.177 e. The molecule has 1 aromatic heterocycles. The summed E-state index contributed by atoms with van der Waals surface area (Å²) in [7, 11) is 0. The highest BCUT2D eigenvalue weighted by Gasteiger charge is 2.16. The molecule has 0 spiro atoms. The van der Waals surface area contributed by atoms with Crippen LogP contribution in [0.15, 0.2) is 0 Å². The number of hydrogen-bond donors (Lipinski definition) is 2. The standard InChI is InChI=1S/C14H27N5/c15-13-10-6-4-2-1-3-5-8-12(9-7-11-13)14-16-18-19-17-14/h12-13H,1-11,15H2,(H,16,17,18,19). The van der Waals surface area contributed by atoms with Crippen LogP contribution < -0.4 is 5.73 Å². The molecule has 3 N–H and O–H groups in total. The molecule has 0 amide bonds.